The summed E-state index contributed by atoms with van der Waals surface area (Å²) in [5.41, 5.74) is 17.6. The molecule has 2 aliphatic rings. The Morgan fingerprint density at radius 3 is 1.82 bits per heavy atom. The van der Waals surface area contributed by atoms with Crippen LogP contribution in [0.15, 0.2) is 67.3 Å². The number of aliphatic hydroxyl groups excluding tert-OH is 1. The third-order valence-electron chi connectivity index (χ3n) is 15.7. The summed E-state index contributed by atoms with van der Waals surface area (Å²) in [6.07, 6.45) is 0.797. The third-order valence-corrected chi connectivity index (χ3v) is 16.5. The zero-order chi connectivity index (χ0) is 68.0. The molecular formula is C61H92N14O15S2. The summed E-state index contributed by atoms with van der Waals surface area (Å²) in [6.45, 7) is 8.59. The van der Waals surface area contributed by atoms with Crippen molar-refractivity contribution in [3.8, 4) is 5.75 Å². The summed E-state index contributed by atoms with van der Waals surface area (Å²) in [5.74, 6) is -8.51. The summed E-state index contributed by atoms with van der Waals surface area (Å²) in [6, 6.07) is 0.813. The molecule has 92 heavy (non-hydrogen) atoms. The number of hydrogen-bond acceptors (Lipinski definition) is 18. The molecule has 4 rings (SSSR count). The molecule has 0 bridgehead atoms. The molecule has 2 heterocycles. The van der Waals surface area contributed by atoms with Gasteiger partial charge in [0.05, 0.1) is 12.1 Å². The standard InChI is InChI=1S/C61H92N14O15S2/c1-5-15-41(52(80)72-46(34-92)50(63)78)69-57(85)49(35(4)7-3)73-56(84)48-31-39(77)32-75(48)59(87)47-20-14-27-74(47)58(86)45(30-36-16-9-8-10-17-36)71-55(83)44(29-37-21-23-38(76)24-22-37)70-54(82)42(18-11-12-25-66-61(89)90-28-6-2)68-53(81)43(19-13-26-65-60(64)88)67-51(79)40(62)33-91/h6,8-10,16-17,21-24,35,39-49,76-77,91-92H,2,5,7,11-15,18-20,25-34,62H2,1,3-4H3,(H2,63,78)(H,66,89)(H,67,79)(H,68,81)(H,69,85)(H,70,82)(H,71,83)(H,72,80)(H,73,84)(H3,64,65,88)/t35-,39+,40-,41-,42-,43-,44-,45-,46-,47-,48-,49-/m0/s1. The minimum absolute atomic E-state index is 0.0207. The number of primary amides is 2. The number of nitrogens with two attached hydrogens (primary N) is 3. The highest BCUT2D eigenvalue weighted by molar-refractivity contribution is 7.80. The zero-order valence-corrected chi connectivity index (χ0v) is 54.1. The van der Waals surface area contributed by atoms with Crippen LogP contribution in [0.5, 0.6) is 5.75 Å². The summed E-state index contributed by atoms with van der Waals surface area (Å²) in [7, 11) is 0. The van der Waals surface area contributed by atoms with E-state index in [4.69, 9.17) is 21.9 Å². The minimum Gasteiger partial charge on any atom is -0.508 e. The number of amides is 13. The maximum atomic E-state index is 15.2. The van der Waals surface area contributed by atoms with Gasteiger partial charge in [-0.3, -0.25) is 47.9 Å². The molecule has 2 aromatic carbocycles. The van der Waals surface area contributed by atoms with E-state index in [9.17, 15) is 58.2 Å². The van der Waals surface area contributed by atoms with Crippen molar-refractivity contribution in [2.24, 2.45) is 23.1 Å². The van der Waals surface area contributed by atoms with E-state index < -0.39 is 144 Å². The SMILES string of the molecule is C=CCOC(=O)NCCCC[C@H](NC(=O)[C@H](CCCNC(N)=O)NC(=O)[C@@H](N)CS)C(=O)N[C@@H](Cc1ccc(O)cc1)C(=O)N[C@@H](Cc1ccccc1)C(=O)N1CCC[C@H]1C(=O)N1C[C@H](O)C[C@H]1C(=O)N[C@H](C(=O)N[C@@H](CCC)C(=O)N[C@@H](CS)C(N)=O)[C@@H](C)CC. The Morgan fingerprint density at radius 2 is 1.22 bits per heavy atom. The number of nitrogens with one attached hydrogen (secondary N) is 9. The van der Waals surface area contributed by atoms with Gasteiger partial charge in [-0.1, -0.05) is 88.7 Å². The monoisotopic (exact) mass is 1320 g/mol. The number of urea groups is 1. The molecular weight excluding hydrogens is 1230 g/mol. The Kier molecular flexibility index (Phi) is 32.6. The number of unbranched alkanes of at least 4 members (excludes halogenated alkanes) is 1. The molecule has 29 nitrogen and oxygen atoms in total. The van der Waals surface area contributed by atoms with Crippen LogP contribution in [0.1, 0.15) is 103 Å². The molecule has 0 aromatic heterocycles. The number of hydrogen-bond donors (Lipinski definition) is 16. The second-order valence-electron chi connectivity index (χ2n) is 22.8. The molecule has 12 atom stereocenters. The highest BCUT2D eigenvalue weighted by Gasteiger charge is 2.47. The van der Waals surface area contributed by atoms with Crippen LogP contribution in [0.3, 0.4) is 0 Å². The number of carbonyl (C=O) groups is 12. The number of benzene rings is 2. The molecule has 0 saturated carbocycles. The minimum atomic E-state index is -1.51. The topological polar surface area (TPSA) is 447 Å². The molecule has 0 radical (unpaired) electrons. The fourth-order valence-electron chi connectivity index (χ4n) is 10.4. The van der Waals surface area contributed by atoms with E-state index in [0.29, 0.717) is 30.4 Å². The van der Waals surface area contributed by atoms with E-state index >= 15 is 9.59 Å². The molecule has 13 amide bonds. The molecule has 2 aromatic rings. The molecule has 2 aliphatic heterocycles. The van der Waals surface area contributed by atoms with Crippen molar-refractivity contribution in [1.29, 1.82) is 0 Å². The zero-order valence-electron chi connectivity index (χ0n) is 52.3. The summed E-state index contributed by atoms with van der Waals surface area (Å²) < 4.78 is 4.97. The molecule has 2 saturated heterocycles. The largest absolute Gasteiger partial charge is 0.508 e. The molecule has 508 valence electrons. The number of aliphatic hydroxyl groups is 1. The number of nitrogens with zero attached hydrogens (tertiary/aromatic N) is 2. The second kappa shape index (κ2) is 39.3. The van der Waals surface area contributed by atoms with Crippen molar-refractivity contribution in [2.45, 2.75) is 171 Å². The lowest BCUT2D eigenvalue weighted by Gasteiger charge is -2.34. The molecule has 2 fully saturated rings. The van der Waals surface area contributed by atoms with Crippen LogP contribution in [0.4, 0.5) is 9.59 Å². The van der Waals surface area contributed by atoms with Crippen LogP contribution in [0.25, 0.3) is 0 Å². The van der Waals surface area contributed by atoms with E-state index in [1.54, 1.807) is 51.1 Å². The van der Waals surface area contributed by atoms with Crippen molar-refractivity contribution in [3.63, 3.8) is 0 Å². The number of phenolic OH excluding ortho intramolecular Hbond substituents is 1. The first-order chi connectivity index (χ1) is 43.8. The number of carbonyl (C=O) groups excluding carboxylic acids is 12. The average molecular weight is 1330 g/mol. The van der Waals surface area contributed by atoms with Crippen molar-refractivity contribution >= 4 is 96.5 Å². The van der Waals surface area contributed by atoms with Gasteiger partial charge in [0.1, 0.15) is 66.7 Å². The Labute approximate surface area is 546 Å². The normalized spacial score (nSPS) is 18.1. The Bertz CT molecular complexity index is 2840. The first-order valence-corrected chi connectivity index (χ1v) is 32.2. The number of aromatic hydroxyl groups is 1. The van der Waals surface area contributed by atoms with Crippen molar-refractivity contribution in [1.82, 2.24) is 57.7 Å². The number of thiol groups is 2. The predicted octanol–water partition coefficient (Wildman–Crippen LogP) is -1.43. The molecule has 0 spiro atoms. The predicted molar refractivity (Wildman–Crippen MR) is 346 cm³/mol. The Morgan fingerprint density at radius 1 is 0.663 bits per heavy atom. The maximum absolute atomic E-state index is 15.2. The van der Waals surface area contributed by atoms with Gasteiger partial charge in [-0.15, -0.1) is 0 Å². The highest BCUT2D eigenvalue weighted by atomic mass is 32.1. The van der Waals surface area contributed by atoms with Gasteiger partial charge in [0.2, 0.25) is 59.1 Å². The van der Waals surface area contributed by atoms with Crippen molar-refractivity contribution in [3.05, 3.63) is 78.4 Å². The highest BCUT2D eigenvalue weighted by Crippen LogP contribution is 2.27. The molecule has 31 heteroatoms. The summed E-state index contributed by atoms with van der Waals surface area (Å²) in [4.78, 5) is 167. The van der Waals surface area contributed by atoms with Crippen LogP contribution in [-0.2, 0) is 65.5 Å². The molecule has 17 N–H and O–H groups in total. The van der Waals surface area contributed by atoms with Gasteiger partial charge in [0, 0.05) is 56.9 Å². The fourth-order valence-corrected chi connectivity index (χ4v) is 10.9. The van der Waals surface area contributed by atoms with Crippen LogP contribution in [0.2, 0.25) is 0 Å². The number of ether oxygens (including phenoxy) is 1. The van der Waals surface area contributed by atoms with Crippen LogP contribution in [-0.4, -0.2) is 202 Å². The summed E-state index contributed by atoms with van der Waals surface area (Å²) >= 11 is 8.18. The lowest BCUT2D eigenvalue weighted by molar-refractivity contribution is -0.148. The van der Waals surface area contributed by atoms with Gasteiger partial charge in [-0.05, 0) is 80.5 Å². The number of alkyl carbamates (subject to hydrolysis) is 1. The quantitative estimate of drug-likeness (QED) is 0.0208. The maximum Gasteiger partial charge on any atom is 0.407 e. The summed E-state index contributed by atoms with van der Waals surface area (Å²) in [5, 5.41) is 45.0. The van der Waals surface area contributed by atoms with E-state index in [-0.39, 0.29) is 114 Å². The van der Waals surface area contributed by atoms with Gasteiger partial charge in [-0.25, -0.2) is 9.59 Å². The molecule has 0 unspecified atom stereocenters. The van der Waals surface area contributed by atoms with Crippen molar-refractivity contribution < 1.29 is 72.5 Å². The lowest BCUT2D eigenvalue weighted by atomic mass is 9.97. The van der Waals surface area contributed by atoms with Gasteiger partial charge in [0.15, 0.2) is 0 Å². The van der Waals surface area contributed by atoms with E-state index in [2.05, 4.69) is 79.7 Å². The third kappa shape index (κ3) is 24.5. The van der Waals surface area contributed by atoms with Gasteiger partial charge < -0.3 is 89.8 Å². The number of β-amino-alcohol motifs (C(OH)–C–C–N with tert-alkyl or cyclic N) is 1. The number of likely N-dealkylation sites (tertiary alicyclic amines) is 2. The van der Waals surface area contributed by atoms with E-state index in [1.807, 2.05) is 0 Å². The van der Waals surface area contributed by atoms with Crippen LogP contribution in [0, 0.1) is 5.92 Å². The number of rotatable bonds is 38. The van der Waals surface area contributed by atoms with Crippen LogP contribution >= 0.6 is 25.3 Å². The Balaban J connectivity index is 1.67. The lowest BCUT2D eigenvalue weighted by Crippen LogP contribution is -2.61. The average Bonchev–Trinajstić information content (AvgIpc) is 1.62. The molecule has 0 aliphatic carbocycles. The smallest absolute Gasteiger partial charge is 0.407 e. The first kappa shape index (κ1) is 76.3. The fraction of sp³-hybridized carbons (Fsp3) is 0.574. The van der Waals surface area contributed by atoms with Gasteiger partial charge in [-0.2, -0.15) is 25.3 Å². The first-order valence-electron chi connectivity index (χ1n) is 30.9. The van der Waals surface area contributed by atoms with Crippen LogP contribution < -0.4 is 65.1 Å². The van der Waals surface area contributed by atoms with Gasteiger partial charge in [0.25, 0.3) is 0 Å². The number of phenols is 1. The van der Waals surface area contributed by atoms with E-state index in [0.717, 1.165) is 0 Å². The Hall–Kier alpha value is -8.16. The second-order valence-corrected chi connectivity index (χ2v) is 23.5. The van der Waals surface area contributed by atoms with E-state index in [1.165, 1.54) is 40.1 Å². The van der Waals surface area contributed by atoms with Crippen molar-refractivity contribution in [2.75, 3.05) is 44.3 Å². The van der Waals surface area contributed by atoms with Gasteiger partial charge >= 0.3 is 12.1 Å².